The van der Waals surface area contributed by atoms with E-state index in [1.165, 1.54) is 29.6 Å². The molecule has 0 atom stereocenters. The molecule has 0 bridgehead atoms. The van der Waals surface area contributed by atoms with Crippen LogP contribution in [0.3, 0.4) is 0 Å². The molecular weight excluding hydrogens is 408 g/mol. The second-order valence-corrected chi connectivity index (χ2v) is 7.97. The van der Waals surface area contributed by atoms with Gasteiger partial charge in [0.15, 0.2) is 5.78 Å². The van der Waals surface area contributed by atoms with Crippen LogP contribution in [-0.4, -0.2) is 38.2 Å². The maximum absolute atomic E-state index is 12.7. The third-order valence-electron chi connectivity index (χ3n) is 3.95. The van der Waals surface area contributed by atoms with E-state index in [0.717, 1.165) is 10.5 Å². The van der Waals surface area contributed by atoms with Gasteiger partial charge in [-0.15, -0.1) is 16.9 Å². The highest BCUT2D eigenvalue weighted by atomic mass is 35.5. The molecule has 7 nitrogen and oxygen atoms in total. The summed E-state index contributed by atoms with van der Waals surface area (Å²) in [5.41, 5.74) is 1.25. The molecule has 0 aliphatic heterocycles. The monoisotopic (exact) mass is 424 g/mol. The lowest BCUT2D eigenvalue weighted by molar-refractivity contribution is -0.115. The lowest BCUT2D eigenvalue weighted by Crippen LogP contribution is -2.12. The smallest absolute Gasteiger partial charge is 0.344 e. The van der Waals surface area contributed by atoms with Gasteiger partial charge in [-0.05, 0) is 40.8 Å². The van der Waals surface area contributed by atoms with Crippen molar-refractivity contribution >= 4 is 46.9 Å². The van der Waals surface area contributed by atoms with E-state index >= 15 is 0 Å². The van der Waals surface area contributed by atoms with E-state index in [2.05, 4.69) is 15.5 Å². The van der Waals surface area contributed by atoms with Crippen LogP contribution in [0.15, 0.2) is 34.0 Å². The molecule has 0 saturated heterocycles. The summed E-state index contributed by atoms with van der Waals surface area (Å²) in [6.07, 6.45) is 5.07. The molecule has 0 spiro atoms. The van der Waals surface area contributed by atoms with Crippen LogP contribution in [0.4, 0.5) is 0 Å². The van der Waals surface area contributed by atoms with Crippen molar-refractivity contribution in [1.29, 1.82) is 0 Å². The van der Waals surface area contributed by atoms with Gasteiger partial charge in [0.05, 0.1) is 5.56 Å². The first-order valence-corrected chi connectivity index (χ1v) is 10.7. The Bertz CT molecular complexity index is 914. The fourth-order valence-electron chi connectivity index (χ4n) is 2.63. The zero-order chi connectivity index (χ0) is 19.4. The fraction of sp³-hybridized carbons (Fsp3) is 0.353. The van der Waals surface area contributed by atoms with Gasteiger partial charge in [-0.1, -0.05) is 23.4 Å². The summed E-state index contributed by atoms with van der Waals surface area (Å²) >= 11 is 9.24. The van der Waals surface area contributed by atoms with Crippen molar-refractivity contribution in [2.75, 3.05) is 6.26 Å². The van der Waals surface area contributed by atoms with E-state index in [9.17, 15) is 9.59 Å². The number of rotatable bonds is 6. The van der Waals surface area contributed by atoms with Crippen molar-refractivity contribution in [1.82, 2.24) is 20.2 Å². The van der Waals surface area contributed by atoms with Crippen molar-refractivity contribution in [3.8, 4) is 0 Å². The Hall–Kier alpha value is -1.84. The zero-order valence-electron chi connectivity index (χ0n) is 14.8. The summed E-state index contributed by atoms with van der Waals surface area (Å²) in [4.78, 5) is 25.0. The van der Waals surface area contributed by atoms with Crippen molar-refractivity contribution < 1.29 is 14.3 Å². The molecule has 1 aliphatic rings. The van der Waals surface area contributed by atoms with Gasteiger partial charge in [-0.2, -0.15) is 0 Å². The molecule has 10 heteroatoms. The Morgan fingerprint density at radius 3 is 2.85 bits per heavy atom. The Morgan fingerprint density at radius 1 is 1.37 bits per heavy atom. The maximum Gasteiger partial charge on any atom is 0.344 e. The largest absolute Gasteiger partial charge is 0.427 e. The van der Waals surface area contributed by atoms with E-state index in [-0.39, 0.29) is 5.78 Å². The Kier molecular flexibility index (Phi) is 6.56. The number of aromatic nitrogens is 4. The lowest BCUT2D eigenvalue weighted by Gasteiger charge is -2.16. The normalized spacial score (nSPS) is 14.2. The van der Waals surface area contributed by atoms with Gasteiger partial charge in [0.2, 0.25) is 5.16 Å². The highest BCUT2D eigenvalue weighted by Crippen LogP contribution is 2.35. The molecule has 0 unspecified atom stereocenters. The molecule has 0 saturated carbocycles. The highest BCUT2D eigenvalue weighted by molar-refractivity contribution is 7.99. The van der Waals surface area contributed by atoms with E-state index in [1.54, 1.807) is 23.9 Å². The first-order valence-electron chi connectivity index (χ1n) is 8.15. The summed E-state index contributed by atoms with van der Waals surface area (Å²) in [6, 6.07) is 3.34. The van der Waals surface area contributed by atoms with Gasteiger partial charge in [0.25, 0.3) is 0 Å². The summed E-state index contributed by atoms with van der Waals surface area (Å²) in [7, 11) is 1.76. The number of aryl methyl sites for hydroxylation is 1. The Morgan fingerprint density at radius 2 is 2.19 bits per heavy atom. The number of hydrogen-bond acceptors (Lipinski definition) is 8. The number of esters is 1. The Labute approximate surface area is 169 Å². The number of benzene rings is 1. The minimum absolute atomic E-state index is 0.0142. The van der Waals surface area contributed by atoms with Gasteiger partial charge in [-0.25, -0.2) is 9.48 Å². The number of hydrogen-bond donors (Lipinski definition) is 0. The number of carbonyl (C=O) groups is 2. The summed E-state index contributed by atoms with van der Waals surface area (Å²) in [5.74, 6) is 0.424. The highest BCUT2D eigenvalue weighted by Gasteiger charge is 2.21. The van der Waals surface area contributed by atoms with E-state index in [1.807, 2.05) is 6.26 Å². The van der Waals surface area contributed by atoms with Gasteiger partial charge >= 0.3 is 5.97 Å². The Balaban J connectivity index is 1.84. The van der Waals surface area contributed by atoms with Crippen LogP contribution < -0.4 is 0 Å². The van der Waals surface area contributed by atoms with Crippen LogP contribution in [0.1, 0.15) is 35.2 Å². The van der Waals surface area contributed by atoms with Crippen molar-refractivity contribution in [3.05, 3.63) is 40.1 Å². The predicted octanol–water partition coefficient (Wildman–Crippen LogP) is 3.67. The van der Waals surface area contributed by atoms with Crippen LogP contribution in [-0.2, 0) is 22.3 Å². The molecule has 0 fully saturated rings. The standard InChI is InChI=1S/C17H17ClN4O3S2/c1-22-17(19-20-21-22)27-9-13-14(18)7-6-12(15(13)26-2)16(24)25-11-5-3-4-10(23)8-11/h6-8H,3-5,9H2,1-2H3. The van der Waals surface area contributed by atoms with Gasteiger partial charge in [0.1, 0.15) is 5.76 Å². The molecule has 3 rings (SSSR count). The van der Waals surface area contributed by atoms with Crippen molar-refractivity contribution in [2.45, 2.75) is 35.1 Å². The SMILES string of the molecule is CSc1c(C(=O)OC2=CC(=O)CCC2)ccc(Cl)c1CSc1nnnn1C. The molecule has 0 amide bonds. The summed E-state index contributed by atoms with van der Waals surface area (Å²) in [5, 5.41) is 12.6. The third kappa shape index (κ3) is 4.72. The van der Waals surface area contributed by atoms with Crippen LogP contribution in [0.2, 0.25) is 5.02 Å². The minimum atomic E-state index is -0.483. The number of ketones is 1. The number of ether oxygens (including phenoxy) is 1. The first-order chi connectivity index (χ1) is 13.0. The van der Waals surface area contributed by atoms with E-state index < -0.39 is 5.97 Å². The maximum atomic E-state index is 12.7. The topological polar surface area (TPSA) is 87.0 Å². The number of halogens is 1. The van der Waals surface area contributed by atoms with Gasteiger partial charge in [0, 0.05) is 41.6 Å². The predicted molar refractivity (Wildman–Crippen MR) is 104 cm³/mol. The number of carbonyl (C=O) groups excluding carboxylic acids is 2. The number of thioether (sulfide) groups is 2. The first kappa shape index (κ1) is 19.9. The van der Waals surface area contributed by atoms with E-state index in [4.69, 9.17) is 16.3 Å². The minimum Gasteiger partial charge on any atom is -0.427 e. The van der Waals surface area contributed by atoms with Crippen LogP contribution in [0.5, 0.6) is 0 Å². The van der Waals surface area contributed by atoms with Crippen molar-refractivity contribution in [2.24, 2.45) is 7.05 Å². The summed E-state index contributed by atoms with van der Waals surface area (Å²) < 4.78 is 7.03. The fourth-order valence-corrected chi connectivity index (χ4v) is 4.77. The second-order valence-electron chi connectivity index (χ2n) is 5.80. The molecular formula is C17H17ClN4O3S2. The molecule has 27 heavy (non-hydrogen) atoms. The zero-order valence-corrected chi connectivity index (χ0v) is 17.2. The van der Waals surface area contributed by atoms with Crippen LogP contribution in [0.25, 0.3) is 0 Å². The number of tetrazole rings is 1. The molecule has 1 aromatic carbocycles. The summed E-state index contributed by atoms with van der Waals surface area (Å²) in [6.45, 7) is 0. The number of allylic oxidation sites excluding steroid dienone is 2. The van der Waals surface area contributed by atoms with Gasteiger partial charge < -0.3 is 4.74 Å². The molecule has 0 radical (unpaired) electrons. The molecule has 0 N–H and O–H groups in total. The molecule has 1 heterocycles. The molecule has 142 valence electrons. The van der Waals surface area contributed by atoms with Gasteiger partial charge in [-0.3, -0.25) is 4.79 Å². The average Bonchev–Trinajstić information content (AvgIpc) is 3.05. The molecule has 2 aromatic rings. The number of nitrogens with zero attached hydrogens (tertiary/aromatic N) is 4. The van der Waals surface area contributed by atoms with E-state index in [0.29, 0.717) is 46.5 Å². The second kappa shape index (κ2) is 8.90. The average molecular weight is 425 g/mol. The quantitative estimate of drug-likeness (QED) is 0.512. The van der Waals surface area contributed by atoms with Crippen LogP contribution >= 0.6 is 35.1 Å². The van der Waals surface area contributed by atoms with Crippen molar-refractivity contribution in [3.63, 3.8) is 0 Å². The van der Waals surface area contributed by atoms with Crippen LogP contribution in [0, 0.1) is 0 Å². The molecule has 1 aliphatic carbocycles. The molecule has 1 aromatic heterocycles. The lowest BCUT2D eigenvalue weighted by atomic mass is 10.1. The third-order valence-corrected chi connectivity index (χ3v) is 6.21.